The molecule has 0 unspecified atom stereocenters. The molecule has 2 aromatic heterocycles. The number of hydrogen-bond acceptors (Lipinski definition) is 2. The second-order valence-electron chi connectivity index (χ2n) is 3.30. The molecule has 2 heterocycles. The molecule has 0 amide bonds. The predicted octanol–water partition coefficient (Wildman–Crippen LogP) is 3.99. The predicted molar refractivity (Wildman–Crippen MR) is 60.9 cm³/mol. The van der Waals surface area contributed by atoms with Gasteiger partial charge in [0.05, 0.1) is 6.26 Å². The summed E-state index contributed by atoms with van der Waals surface area (Å²) in [6.07, 6.45) is 3.68. The van der Waals surface area contributed by atoms with E-state index < -0.39 is 0 Å². The standard InChI is InChI=1S/C7H10O.C6H8O/c1-3-7-5-4-6(2)8-7;1-2-6-4-3-5-7-6/h4-5H,3H2,1-2H3;3-5H,2H2,1H3. The summed E-state index contributed by atoms with van der Waals surface area (Å²) in [4.78, 5) is 0. The zero-order chi connectivity index (χ0) is 11.1. The molecule has 2 nitrogen and oxygen atoms in total. The minimum atomic E-state index is 0.993. The molecule has 2 heteroatoms. The van der Waals surface area contributed by atoms with Gasteiger partial charge in [0.25, 0.3) is 0 Å². The van der Waals surface area contributed by atoms with Gasteiger partial charge in [-0.1, -0.05) is 13.8 Å². The summed E-state index contributed by atoms with van der Waals surface area (Å²) in [5, 5.41) is 0. The van der Waals surface area contributed by atoms with Gasteiger partial charge in [-0.05, 0) is 31.2 Å². The van der Waals surface area contributed by atoms with Crippen LogP contribution in [-0.4, -0.2) is 0 Å². The molecule has 82 valence electrons. The topological polar surface area (TPSA) is 26.3 Å². The van der Waals surface area contributed by atoms with E-state index in [0.29, 0.717) is 0 Å². The van der Waals surface area contributed by atoms with Crippen LogP contribution >= 0.6 is 0 Å². The highest BCUT2D eigenvalue weighted by Crippen LogP contribution is 2.05. The molecule has 2 aromatic rings. The van der Waals surface area contributed by atoms with E-state index in [0.717, 1.165) is 30.1 Å². The van der Waals surface area contributed by atoms with Crippen LogP contribution in [-0.2, 0) is 12.8 Å². The van der Waals surface area contributed by atoms with Gasteiger partial charge in [0.2, 0.25) is 0 Å². The minimum Gasteiger partial charge on any atom is -0.469 e. The second kappa shape index (κ2) is 6.12. The molecule has 0 N–H and O–H groups in total. The fourth-order valence-electron chi connectivity index (χ4n) is 1.19. The Bertz CT molecular complexity index is 358. The maximum atomic E-state index is 5.23. The van der Waals surface area contributed by atoms with E-state index in [1.807, 2.05) is 31.2 Å². The van der Waals surface area contributed by atoms with Crippen molar-refractivity contribution in [3.8, 4) is 0 Å². The third kappa shape index (κ3) is 4.07. The molecule has 0 aliphatic rings. The number of aryl methyl sites for hydroxylation is 3. The summed E-state index contributed by atoms with van der Waals surface area (Å²) >= 11 is 0. The van der Waals surface area contributed by atoms with E-state index in [-0.39, 0.29) is 0 Å². The lowest BCUT2D eigenvalue weighted by molar-refractivity contribution is 0.489. The summed E-state index contributed by atoms with van der Waals surface area (Å²) in [5.41, 5.74) is 0. The molecule has 0 radical (unpaired) electrons. The molecule has 0 saturated heterocycles. The largest absolute Gasteiger partial charge is 0.469 e. The molecule has 0 aliphatic heterocycles. The van der Waals surface area contributed by atoms with Gasteiger partial charge in [-0.2, -0.15) is 0 Å². The smallest absolute Gasteiger partial charge is 0.103 e. The summed E-state index contributed by atoms with van der Waals surface area (Å²) in [6, 6.07) is 7.87. The van der Waals surface area contributed by atoms with Gasteiger partial charge >= 0.3 is 0 Å². The number of hydrogen-bond donors (Lipinski definition) is 0. The van der Waals surface area contributed by atoms with Crippen molar-refractivity contribution in [2.45, 2.75) is 33.6 Å². The van der Waals surface area contributed by atoms with Crippen LogP contribution in [0, 0.1) is 6.92 Å². The molecule has 15 heavy (non-hydrogen) atoms. The van der Waals surface area contributed by atoms with Gasteiger partial charge in [0, 0.05) is 12.8 Å². The molecular formula is C13H18O2. The fourth-order valence-corrected chi connectivity index (χ4v) is 1.19. The van der Waals surface area contributed by atoms with Crippen molar-refractivity contribution in [3.63, 3.8) is 0 Å². The lowest BCUT2D eigenvalue weighted by Crippen LogP contribution is -1.67. The van der Waals surface area contributed by atoms with Crippen LogP contribution in [0.1, 0.15) is 31.1 Å². The summed E-state index contributed by atoms with van der Waals surface area (Å²) in [7, 11) is 0. The van der Waals surface area contributed by atoms with E-state index in [9.17, 15) is 0 Å². The van der Waals surface area contributed by atoms with Crippen molar-refractivity contribution in [3.05, 3.63) is 47.8 Å². The average molecular weight is 206 g/mol. The zero-order valence-electron chi connectivity index (χ0n) is 9.62. The molecule has 2 rings (SSSR count). The molecule has 0 atom stereocenters. The van der Waals surface area contributed by atoms with Crippen LogP contribution in [0.3, 0.4) is 0 Å². The maximum absolute atomic E-state index is 5.23. The van der Waals surface area contributed by atoms with Crippen molar-refractivity contribution in [1.29, 1.82) is 0 Å². The Morgan fingerprint density at radius 3 is 2.00 bits per heavy atom. The minimum absolute atomic E-state index is 0.993. The number of furan rings is 2. The van der Waals surface area contributed by atoms with E-state index in [1.165, 1.54) is 0 Å². The van der Waals surface area contributed by atoms with Gasteiger partial charge in [-0.25, -0.2) is 0 Å². The van der Waals surface area contributed by atoms with Crippen molar-refractivity contribution < 1.29 is 8.83 Å². The monoisotopic (exact) mass is 206 g/mol. The quantitative estimate of drug-likeness (QED) is 0.742. The molecule has 0 saturated carbocycles. The highest BCUT2D eigenvalue weighted by molar-refractivity contribution is 5.04. The molecule has 0 spiro atoms. The molecular weight excluding hydrogens is 188 g/mol. The SMILES string of the molecule is CCc1ccc(C)o1.CCc1ccco1. The van der Waals surface area contributed by atoms with Crippen LogP contribution in [0.4, 0.5) is 0 Å². The second-order valence-corrected chi connectivity index (χ2v) is 3.30. The third-order valence-electron chi connectivity index (χ3n) is 2.07. The van der Waals surface area contributed by atoms with Gasteiger partial charge in [-0.15, -0.1) is 0 Å². The maximum Gasteiger partial charge on any atom is 0.103 e. The average Bonchev–Trinajstić information content (AvgIpc) is 2.88. The Balaban J connectivity index is 0.000000151. The molecule has 0 bridgehead atoms. The van der Waals surface area contributed by atoms with Gasteiger partial charge < -0.3 is 8.83 Å². The van der Waals surface area contributed by atoms with Crippen LogP contribution in [0.25, 0.3) is 0 Å². The Morgan fingerprint density at radius 2 is 1.73 bits per heavy atom. The van der Waals surface area contributed by atoms with Crippen molar-refractivity contribution >= 4 is 0 Å². The fraction of sp³-hybridized carbons (Fsp3) is 0.385. The molecule has 0 aliphatic carbocycles. The summed E-state index contributed by atoms with van der Waals surface area (Å²) < 4.78 is 10.2. The third-order valence-corrected chi connectivity index (χ3v) is 2.07. The lowest BCUT2D eigenvalue weighted by atomic mass is 10.4. The Hall–Kier alpha value is -1.44. The lowest BCUT2D eigenvalue weighted by Gasteiger charge is -1.83. The normalized spacial score (nSPS) is 9.53. The first-order valence-corrected chi connectivity index (χ1v) is 5.34. The molecule has 0 fully saturated rings. The van der Waals surface area contributed by atoms with E-state index in [4.69, 9.17) is 8.83 Å². The van der Waals surface area contributed by atoms with Crippen LogP contribution < -0.4 is 0 Å². The van der Waals surface area contributed by atoms with Crippen LogP contribution in [0.2, 0.25) is 0 Å². The van der Waals surface area contributed by atoms with Gasteiger partial charge in [0.1, 0.15) is 17.3 Å². The van der Waals surface area contributed by atoms with Crippen LogP contribution in [0.15, 0.2) is 39.4 Å². The van der Waals surface area contributed by atoms with Gasteiger partial charge in [-0.3, -0.25) is 0 Å². The zero-order valence-corrected chi connectivity index (χ0v) is 9.62. The highest BCUT2D eigenvalue weighted by atomic mass is 16.3. The first-order chi connectivity index (χ1) is 7.26. The summed E-state index contributed by atoms with van der Waals surface area (Å²) in [6.45, 7) is 6.11. The molecule has 0 aromatic carbocycles. The first kappa shape index (κ1) is 11.6. The Morgan fingerprint density at radius 1 is 1.00 bits per heavy atom. The Kier molecular flexibility index (Phi) is 4.75. The Labute approximate surface area is 90.9 Å². The van der Waals surface area contributed by atoms with E-state index >= 15 is 0 Å². The van der Waals surface area contributed by atoms with Crippen molar-refractivity contribution in [2.24, 2.45) is 0 Å². The highest BCUT2D eigenvalue weighted by Gasteiger charge is 1.91. The van der Waals surface area contributed by atoms with Crippen molar-refractivity contribution in [2.75, 3.05) is 0 Å². The van der Waals surface area contributed by atoms with E-state index in [1.54, 1.807) is 6.26 Å². The number of rotatable bonds is 2. The van der Waals surface area contributed by atoms with Crippen molar-refractivity contribution in [1.82, 2.24) is 0 Å². The first-order valence-electron chi connectivity index (χ1n) is 5.34. The van der Waals surface area contributed by atoms with Crippen LogP contribution in [0.5, 0.6) is 0 Å². The summed E-state index contributed by atoms with van der Waals surface area (Å²) in [5.74, 6) is 3.13. The van der Waals surface area contributed by atoms with Gasteiger partial charge in [0.15, 0.2) is 0 Å². The van der Waals surface area contributed by atoms with E-state index in [2.05, 4.69) is 13.8 Å².